The lowest BCUT2D eigenvalue weighted by molar-refractivity contribution is 0.0957. The summed E-state index contributed by atoms with van der Waals surface area (Å²) in [6.07, 6.45) is 22.0. The van der Waals surface area contributed by atoms with Crippen molar-refractivity contribution in [1.82, 2.24) is 0 Å². The molecule has 3 atom stereocenters. The van der Waals surface area contributed by atoms with Gasteiger partial charge < -0.3 is 0 Å². The Balaban J connectivity index is 0.000000204. The fourth-order valence-corrected chi connectivity index (χ4v) is 7.06. The van der Waals surface area contributed by atoms with Crippen molar-refractivity contribution in [2.24, 2.45) is 28.1 Å². The monoisotopic (exact) mass is 387 g/mol. The summed E-state index contributed by atoms with van der Waals surface area (Å²) in [6.45, 7) is 12.4. The van der Waals surface area contributed by atoms with E-state index in [1.165, 1.54) is 70.6 Å². The molecule has 3 fully saturated rings. The lowest BCUT2D eigenvalue weighted by atomic mass is 9.66. The quantitative estimate of drug-likeness (QED) is 0.362. The van der Waals surface area contributed by atoms with Gasteiger partial charge in [0.05, 0.1) is 6.07 Å². The van der Waals surface area contributed by atoms with Crippen LogP contribution in [0, 0.1) is 39.4 Å². The average molecular weight is 388 g/mol. The van der Waals surface area contributed by atoms with E-state index in [2.05, 4.69) is 40.7 Å². The largest absolute Gasteiger partial charge is 0.198 e. The van der Waals surface area contributed by atoms with Gasteiger partial charge in [-0.2, -0.15) is 5.26 Å². The molecule has 28 heavy (non-hydrogen) atoms. The molecule has 1 heteroatoms. The van der Waals surface area contributed by atoms with E-state index in [0.717, 1.165) is 30.1 Å². The van der Waals surface area contributed by atoms with E-state index >= 15 is 0 Å². The summed E-state index contributed by atoms with van der Waals surface area (Å²) in [5, 5.41) is 8.32. The molecule has 3 saturated carbocycles. The van der Waals surface area contributed by atoms with Crippen molar-refractivity contribution in [3.8, 4) is 6.07 Å². The minimum absolute atomic E-state index is 0.569. The SMILES string of the molecule is CC1(C)CC23CCCC(CC2C1(C)C)C3.CCCCCCCCCCCC#N. The first-order chi connectivity index (χ1) is 13.3. The smallest absolute Gasteiger partial charge is 0.0621 e. The first-order valence-electron chi connectivity index (χ1n) is 12.7. The Morgan fingerprint density at radius 2 is 1.50 bits per heavy atom. The van der Waals surface area contributed by atoms with Crippen LogP contribution in [0.4, 0.5) is 0 Å². The summed E-state index contributed by atoms with van der Waals surface area (Å²) in [6, 6.07) is 2.19. The van der Waals surface area contributed by atoms with E-state index in [0.29, 0.717) is 10.8 Å². The van der Waals surface area contributed by atoms with Gasteiger partial charge in [-0.25, -0.2) is 0 Å². The second-order valence-electron chi connectivity index (χ2n) is 11.6. The fourth-order valence-electron chi connectivity index (χ4n) is 7.06. The number of rotatable bonds is 9. The molecule has 0 N–H and O–H groups in total. The molecule has 0 amide bonds. The van der Waals surface area contributed by atoms with E-state index in [1.807, 2.05) is 0 Å². The van der Waals surface area contributed by atoms with Gasteiger partial charge in [-0.15, -0.1) is 0 Å². The minimum Gasteiger partial charge on any atom is -0.198 e. The Labute approximate surface area is 177 Å². The van der Waals surface area contributed by atoms with Crippen LogP contribution in [0.15, 0.2) is 0 Å². The van der Waals surface area contributed by atoms with Gasteiger partial charge >= 0.3 is 0 Å². The lowest BCUT2D eigenvalue weighted by Gasteiger charge is -2.39. The number of fused-ring (bicyclic) bond motifs is 1. The molecule has 1 nitrogen and oxygen atoms in total. The van der Waals surface area contributed by atoms with Crippen LogP contribution < -0.4 is 0 Å². The van der Waals surface area contributed by atoms with Gasteiger partial charge in [-0.05, 0) is 60.2 Å². The standard InChI is InChI=1S/C15H26.C12H23N/c1-13(2)10-15-7-5-6-11(9-15)8-12(15)14(13,3)4;1-2-3-4-5-6-7-8-9-10-11-12-13/h11-12H,5-10H2,1-4H3;2-11H2,1H3. The summed E-state index contributed by atoms with van der Waals surface area (Å²) in [4.78, 5) is 0. The number of hydrogen-bond donors (Lipinski definition) is 0. The van der Waals surface area contributed by atoms with Crippen LogP contribution in [0.25, 0.3) is 0 Å². The van der Waals surface area contributed by atoms with Crippen LogP contribution in [-0.2, 0) is 0 Å². The van der Waals surface area contributed by atoms with E-state index in [4.69, 9.17) is 5.26 Å². The molecule has 3 rings (SSSR count). The second-order valence-corrected chi connectivity index (χ2v) is 11.6. The van der Waals surface area contributed by atoms with Crippen molar-refractivity contribution in [3.63, 3.8) is 0 Å². The molecule has 0 aromatic carbocycles. The number of nitriles is 1. The van der Waals surface area contributed by atoms with Crippen molar-refractivity contribution in [1.29, 1.82) is 5.26 Å². The van der Waals surface area contributed by atoms with E-state index in [9.17, 15) is 0 Å². The molecule has 0 radical (unpaired) electrons. The van der Waals surface area contributed by atoms with Crippen molar-refractivity contribution in [3.05, 3.63) is 0 Å². The first-order valence-corrected chi connectivity index (χ1v) is 12.7. The van der Waals surface area contributed by atoms with Gasteiger partial charge in [0.1, 0.15) is 0 Å². The van der Waals surface area contributed by atoms with Crippen LogP contribution in [0.2, 0.25) is 0 Å². The highest BCUT2D eigenvalue weighted by molar-refractivity contribution is 5.14. The molecule has 162 valence electrons. The molecule has 3 aliphatic carbocycles. The molecule has 3 unspecified atom stereocenters. The Morgan fingerprint density at radius 1 is 0.893 bits per heavy atom. The Morgan fingerprint density at radius 3 is 2.11 bits per heavy atom. The number of nitrogens with zero attached hydrogens (tertiary/aromatic N) is 1. The molecular weight excluding hydrogens is 338 g/mol. The Kier molecular flexibility index (Phi) is 8.91. The maximum Gasteiger partial charge on any atom is 0.0621 e. The van der Waals surface area contributed by atoms with E-state index < -0.39 is 0 Å². The number of hydrogen-bond acceptors (Lipinski definition) is 1. The molecule has 0 aliphatic heterocycles. The van der Waals surface area contributed by atoms with Gasteiger partial charge in [-0.1, -0.05) is 98.8 Å². The first kappa shape index (κ1) is 23.8. The zero-order valence-electron chi connectivity index (χ0n) is 19.9. The van der Waals surface area contributed by atoms with Crippen LogP contribution >= 0.6 is 0 Å². The third kappa shape index (κ3) is 5.55. The molecule has 1 spiro atoms. The summed E-state index contributed by atoms with van der Waals surface area (Å²) in [5.74, 6) is 2.13. The zero-order valence-corrected chi connectivity index (χ0v) is 19.9. The van der Waals surface area contributed by atoms with E-state index in [-0.39, 0.29) is 0 Å². The maximum absolute atomic E-state index is 8.32. The predicted molar refractivity (Wildman–Crippen MR) is 122 cm³/mol. The number of unbranched alkanes of at least 4 members (excludes halogenated alkanes) is 9. The van der Waals surface area contributed by atoms with Gasteiger partial charge in [0.2, 0.25) is 0 Å². The Bertz CT molecular complexity index is 497. The minimum atomic E-state index is 0.569. The Hall–Kier alpha value is -0.510. The molecule has 3 aliphatic rings. The van der Waals surface area contributed by atoms with Crippen molar-refractivity contribution in [2.45, 2.75) is 137 Å². The van der Waals surface area contributed by atoms with Crippen molar-refractivity contribution < 1.29 is 0 Å². The van der Waals surface area contributed by atoms with Gasteiger partial charge in [0.25, 0.3) is 0 Å². The molecule has 0 aromatic heterocycles. The third-order valence-corrected chi connectivity index (χ3v) is 9.09. The van der Waals surface area contributed by atoms with Crippen molar-refractivity contribution >= 4 is 0 Å². The topological polar surface area (TPSA) is 23.8 Å². The maximum atomic E-state index is 8.32. The average Bonchev–Trinajstić information content (AvgIpc) is 2.96. The molecule has 2 bridgehead atoms. The lowest BCUT2D eigenvalue weighted by Crippen LogP contribution is -2.32. The van der Waals surface area contributed by atoms with Crippen LogP contribution in [0.3, 0.4) is 0 Å². The molecule has 0 saturated heterocycles. The second kappa shape index (κ2) is 10.5. The summed E-state index contributed by atoms with van der Waals surface area (Å²) in [5.41, 5.74) is 1.92. The van der Waals surface area contributed by atoms with Crippen LogP contribution in [-0.4, -0.2) is 0 Å². The predicted octanol–water partition coefficient (Wildman–Crippen LogP) is 9.07. The normalized spacial score (nSPS) is 31.6. The molecule has 0 heterocycles. The van der Waals surface area contributed by atoms with Crippen LogP contribution in [0.5, 0.6) is 0 Å². The van der Waals surface area contributed by atoms with Gasteiger partial charge in [0, 0.05) is 6.42 Å². The molecule has 0 aromatic rings. The third-order valence-electron chi connectivity index (χ3n) is 9.09. The zero-order chi connectivity index (χ0) is 20.7. The summed E-state index contributed by atoms with van der Waals surface area (Å²) in [7, 11) is 0. The highest BCUT2D eigenvalue weighted by Gasteiger charge is 2.64. The van der Waals surface area contributed by atoms with Gasteiger partial charge in [0.15, 0.2) is 0 Å². The summed E-state index contributed by atoms with van der Waals surface area (Å²) >= 11 is 0. The van der Waals surface area contributed by atoms with Gasteiger partial charge in [-0.3, -0.25) is 0 Å². The highest BCUT2D eigenvalue weighted by Crippen LogP contribution is 2.73. The summed E-state index contributed by atoms with van der Waals surface area (Å²) < 4.78 is 0. The highest BCUT2D eigenvalue weighted by atomic mass is 14.7. The van der Waals surface area contributed by atoms with E-state index in [1.54, 1.807) is 19.3 Å². The van der Waals surface area contributed by atoms with Crippen LogP contribution in [0.1, 0.15) is 137 Å². The van der Waals surface area contributed by atoms with Crippen molar-refractivity contribution in [2.75, 3.05) is 0 Å². The molecular formula is C27H49N. The fraction of sp³-hybridized carbons (Fsp3) is 0.963.